The number of nitrogens with zero attached hydrogens (tertiary/aromatic N) is 1. The lowest BCUT2D eigenvalue weighted by atomic mass is 9.87. The summed E-state index contributed by atoms with van der Waals surface area (Å²) in [6.45, 7) is 10.5. The van der Waals surface area contributed by atoms with Gasteiger partial charge >= 0.3 is 0 Å². The highest BCUT2D eigenvalue weighted by Crippen LogP contribution is 2.40. The van der Waals surface area contributed by atoms with Crippen LogP contribution in [-0.4, -0.2) is 11.4 Å². The van der Waals surface area contributed by atoms with Crippen LogP contribution in [0.1, 0.15) is 43.0 Å². The third-order valence-electron chi connectivity index (χ3n) is 4.86. The molecule has 0 unspecified atom stereocenters. The molecule has 2 aromatic carbocycles. The van der Waals surface area contributed by atoms with E-state index in [4.69, 9.17) is 0 Å². The highest BCUT2D eigenvalue weighted by Gasteiger charge is 2.35. The smallest absolute Gasteiger partial charge is 0.251 e. The van der Waals surface area contributed by atoms with Crippen molar-refractivity contribution in [2.75, 3.05) is 4.90 Å². The molecule has 0 saturated carbocycles. The Balaban J connectivity index is 2.04. The maximum absolute atomic E-state index is 13.1. The lowest BCUT2D eigenvalue weighted by molar-refractivity contribution is -0.114. The van der Waals surface area contributed by atoms with E-state index in [9.17, 15) is 4.79 Å². The van der Waals surface area contributed by atoms with Crippen molar-refractivity contribution in [3.8, 4) is 0 Å². The minimum atomic E-state index is -0.364. The van der Waals surface area contributed by atoms with Crippen molar-refractivity contribution in [1.29, 1.82) is 0 Å². The van der Waals surface area contributed by atoms with Crippen molar-refractivity contribution in [3.63, 3.8) is 0 Å². The van der Waals surface area contributed by atoms with Gasteiger partial charge in [0.05, 0.1) is 11.2 Å². The number of anilines is 1. The van der Waals surface area contributed by atoms with Crippen LogP contribution in [0.15, 0.2) is 54.6 Å². The number of benzene rings is 2. The molecule has 25 heavy (non-hydrogen) atoms. The molecule has 0 saturated heterocycles. The molecule has 0 spiro atoms. The van der Waals surface area contributed by atoms with Crippen LogP contribution in [0.3, 0.4) is 0 Å². The molecule has 0 N–H and O–H groups in total. The number of carbonyl (C=O) groups excluding carboxylic acids is 1. The summed E-state index contributed by atoms with van der Waals surface area (Å²) in [5, 5.41) is 0. The highest BCUT2D eigenvalue weighted by atomic mass is 16.2. The van der Waals surface area contributed by atoms with Crippen LogP contribution in [0, 0.1) is 13.8 Å². The van der Waals surface area contributed by atoms with E-state index in [1.54, 1.807) is 6.08 Å². The molecular formula is C23H25NO. The predicted octanol–water partition coefficient (Wildman–Crippen LogP) is 5.55. The maximum atomic E-state index is 13.1. The highest BCUT2D eigenvalue weighted by molar-refractivity contribution is 6.08. The first kappa shape index (κ1) is 17.2. The molecule has 2 nitrogen and oxygen atoms in total. The fraction of sp³-hybridized carbons (Fsp3) is 0.261. The van der Waals surface area contributed by atoms with E-state index in [0.29, 0.717) is 0 Å². The molecule has 2 aromatic rings. The van der Waals surface area contributed by atoms with E-state index in [2.05, 4.69) is 52.8 Å². The summed E-state index contributed by atoms with van der Waals surface area (Å²) in [4.78, 5) is 15.0. The minimum absolute atomic E-state index is 0.00195. The first-order valence-electron chi connectivity index (χ1n) is 8.68. The summed E-state index contributed by atoms with van der Waals surface area (Å²) in [7, 11) is 0. The van der Waals surface area contributed by atoms with Gasteiger partial charge in [-0.05, 0) is 75.1 Å². The monoisotopic (exact) mass is 331 g/mol. The minimum Gasteiger partial charge on any atom is -0.299 e. The van der Waals surface area contributed by atoms with E-state index in [-0.39, 0.29) is 11.4 Å². The molecule has 0 aliphatic carbocycles. The van der Waals surface area contributed by atoms with E-state index >= 15 is 0 Å². The van der Waals surface area contributed by atoms with Gasteiger partial charge < -0.3 is 0 Å². The molecule has 0 atom stereocenters. The molecule has 3 rings (SSSR count). The Hall–Kier alpha value is -2.61. The van der Waals surface area contributed by atoms with Crippen LogP contribution in [0.4, 0.5) is 5.69 Å². The Morgan fingerprint density at radius 1 is 1.00 bits per heavy atom. The average molecular weight is 331 g/mol. The molecule has 0 fully saturated rings. The Morgan fingerprint density at radius 2 is 1.64 bits per heavy atom. The third-order valence-corrected chi connectivity index (χ3v) is 4.86. The first-order valence-corrected chi connectivity index (χ1v) is 8.68. The molecular weight excluding hydrogens is 306 g/mol. The maximum Gasteiger partial charge on any atom is 0.251 e. The van der Waals surface area contributed by atoms with E-state index in [1.807, 2.05) is 41.3 Å². The molecule has 1 aliphatic rings. The fourth-order valence-corrected chi connectivity index (χ4v) is 3.49. The molecule has 1 aliphatic heterocycles. The molecule has 1 amide bonds. The zero-order valence-corrected chi connectivity index (χ0v) is 15.6. The molecule has 0 radical (unpaired) electrons. The van der Waals surface area contributed by atoms with Gasteiger partial charge in [-0.1, -0.05) is 36.4 Å². The van der Waals surface area contributed by atoms with E-state index in [0.717, 1.165) is 16.8 Å². The summed E-state index contributed by atoms with van der Waals surface area (Å²) in [6.07, 6.45) is 5.73. The third kappa shape index (κ3) is 3.30. The van der Waals surface area contributed by atoms with Crippen LogP contribution in [0.2, 0.25) is 0 Å². The lowest BCUT2D eigenvalue weighted by Crippen LogP contribution is -2.48. The second kappa shape index (κ2) is 6.36. The average Bonchev–Trinajstić information content (AvgIpc) is 2.55. The number of hydrogen-bond acceptors (Lipinski definition) is 1. The van der Waals surface area contributed by atoms with Gasteiger partial charge in [0.15, 0.2) is 0 Å². The number of allylic oxidation sites excluding steroid dienone is 1. The summed E-state index contributed by atoms with van der Waals surface area (Å²) < 4.78 is 0. The zero-order chi connectivity index (χ0) is 18.2. The Kier molecular flexibility index (Phi) is 4.38. The Labute approximate surface area is 150 Å². The Bertz CT molecular complexity index is 872. The summed E-state index contributed by atoms with van der Waals surface area (Å²) in [6, 6.07) is 14.2. The molecule has 2 heteroatoms. The van der Waals surface area contributed by atoms with Crippen LogP contribution in [0.25, 0.3) is 11.6 Å². The van der Waals surface area contributed by atoms with Crippen molar-refractivity contribution in [2.24, 2.45) is 0 Å². The molecule has 0 bridgehead atoms. The van der Waals surface area contributed by atoms with Crippen LogP contribution >= 0.6 is 0 Å². The van der Waals surface area contributed by atoms with E-state index < -0.39 is 0 Å². The van der Waals surface area contributed by atoms with Gasteiger partial charge in [0.2, 0.25) is 0 Å². The van der Waals surface area contributed by atoms with Crippen LogP contribution in [0.5, 0.6) is 0 Å². The summed E-state index contributed by atoms with van der Waals surface area (Å²) in [5.41, 5.74) is 6.47. The summed E-state index contributed by atoms with van der Waals surface area (Å²) in [5.74, 6) is 0.00195. The molecule has 128 valence electrons. The fourth-order valence-electron chi connectivity index (χ4n) is 3.49. The second-order valence-electron chi connectivity index (χ2n) is 7.35. The SMILES string of the molecule is CC1=CC(C)(C)N(C(=O)/C=C/c2ccccc2)c2cc(C)c(C)cc21. The van der Waals surface area contributed by atoms with Crippen molar-refractivity contribution in [3.05, 3.63) is 76.9 Å². The molecule has 1 heterocycles. The van der Waals surface area contributed by atoms with E-state index in [1.165, 1.54) is 16.7 Å². The van der Waals surface area contributed by atoms with Crippen molar-refractivity contribution in [1.82, 2.24) is 0 Å². The van der Waals surface area contributed by atoms with Gasteiger partial charge in [0.25, 0.3) is 5.91 Å². The normalized spacial score (nSPS) is 15.9. The topological polar surface area (TPSA) is 20.3 Å². The second-order valence-corrected chi connectivity index (χ2v) is 7.35. The van der Waals surface area contributed by atoms with Gasteiger partial charge in [-0.3, -0.25) is 9.69 Å². The van der Waals surface area contributed by atoms with Gasteiger partial charge in [-0.2, -0.15) is 0 Å². The lowest BCUT2D eigenvalue weighted by Gasteiger charge is -2.41. The zero-order valence-electron chi connectivity index (χ0n) is 15.6. The number of fused-ring (bicyclic) bond motifs is 1. The number of aryl methyl sites for hydroxylation is 2. The first-order chi connectivity index (χ1) is 11.8. The quantitative estimate of drug-likeness (QED) is 0.661. The number of carbonyl (C=O) groups is 1. The van der Waals surface area contributed by atoms with Crippen molar-refractivity contribution in [2.45, 2.75) is 40.2 Å². The van der Waals surface area contributed by atoms with Crippen LogP contribution in [-0.2, 0) is 4.79 Å². The summed E-state index contributed by atoms with van der Waals surface area (Å²) >= 11 is 0. The van der Waals surface area contributed by atoms with Gasteiger partial charge in [-0.25, -0.2) is 0 Å². The predicted molar refractivity (Wildman–Crippen MR) is 107 cm³/mol. The standard InChI is InChI=1S/C23H25NO/c1-16-13-20-18(3)15-23(4,5)24(21(20)14-17(16)2)22(25)12-11-19-9-7-6-8-10-19/h6-15H,1-5H3/b12-11+. The Morgan fingerprint density at radius 3 is 2.32 bits per heavy atom. The van der Waals surface area contributed by atoms with Crippen molar-refractivity contribution >= 4 is 23.2 Å². The van der Waals surface area contributed by atoms with Gasteiger partial charge in [0, 0.05) is 11.6 Å². The number of hydrogen-bond donors (Lipinski definition) is 0. The van der Waals surface area contributed by atoms with Gasteiger partial charge in [0.1, 0.15) is 0 Å². The molecule has 0 aromatic heterocycles. The number of amides is 1. The largest absolute Gasteiger partial charge is 0.299 e. The number of rotatable bonds is 2. The van der Waals surface area contributed by atoms with Gasteiger partial charge in [-0.15, -0.1) is 0 Å². The van der Waals surface area contributed by atoms with Crippen molar-refractivity contribution < 1.29 is 4.79 Å². The van der Waals surface area contributed by atoms with Crippen LogP contribution < -0.4 is 4.90 Å².